The molecule has 0 aromatic heterocycles. The fourth-order valence-electron chi connectivity index (χ4n) is 8.89. The summed E-state index contributed by atoms with van der Waals surface area (Å²) in [6.45, 7) is 5.33. The minimum atomic E-state index is -0.673. The summed E-state index contributed by atoms with van der Waals surface area (Å²) in [5.74, 6) is 1.76. The number of benzene rings is 2. The monoisotopic (exact) mass is 629 g/mol. The molecule has 1 amide bonds. The normalized spacial score (nSPS) is 28.8. The van der Waals surface area contributed by atoms with Crippen LogP contribution in [0.25, 0.3) is 0 Å². The van der Waals surface area contributed by atoms with Crippen molar-refractivity contribution in [3.8, 4) is 11.5 Å². The van der Waals surface area contributed by atoms with Crippen LogP contribution in [0.1, 0.15) is 117 Å². The van der Waals surface area contributed by atoms with E-state index < -0.39 is 11.7 Å². The Bertz CT molecular complexity index is 1480. The molecule has 46 heavy (non-hydrogen) atoms. The first kappa shape index (κ1) is 32.6. The van der Waals surface area contributed by atoms with Crippen molar-refractivity contribution in [2.45, 2.75) is 115 Å². The number of hydrogen-bond acceptors (Lipinski definition) is 6. The van der Waals surface area contributed by atoms with Crippen molar-refractivity contribution >= 4 is 11.9 Å². The number of aliphatic hydroxyl groups is 1. The molecular formula is C39H51NO6. The van der Waals surface area contributed by atoms with E-state index in [-0.39, 0.29) is 29.1 Å². The lowest BCUT2D eigenvalue weighted by Crippen LogP contribution is -2.48. The highest BCUT2D eigenvalue weighted by Crippen LogP contribution is 2.62. The molecule has 1 aliphatic heterocycles. The highest BCUT2D eigenvalue weighted by molar-refractivity contribution is 5.99. The van der Waals surface area contributed by atoms with Crippen LogP contribution in [0.2, 0.25) is 0 Å². The van der Waals surface area contributed by atoms with Gasteiger partial charge in [0.25, 0.3) is 0 Å². The van der Waals surface area contributed by atoms with E-state index in [2.05, 4.69) is 38.1 Å². The zero-order valence-corrected chi connectivity index (χ0v) is 28.1. The van der Waals surface area contributed by atoms with E-state index in [4.69, 9.17) is 14.2 Å². The molecule has 7 heteroatoms. The van der Waals surface area contributed by atoms with Gasteiger partial charge in [0.15, 0.2) is 5.78 Å². The Morgan fingerprint density at radius 3 is 2.59 bits per heavy atom. The molecule has 2 aromatic rings. The minimum Gasteiger partial charge on any atom is -0.497 e. The maximum atomic E-state index is 14.3. The zero-order valence-electron chi connectivity index (χ0n) is 28.1. The van der Waals surface area contributed by atoms with Crippen LogP contribution in [0.4, 0.5) is 4.79 Å². The molecule has 1 N–H and O–H groups in total. The van der Waals surface area contributed by atoms with Gasteiger partial charge in [-0.3, -0.25) is 9.69 Å². The second-order valence-corrected chi connectivity index (χ2v) is 14.5. The van der Waals surface area contributed by atoms with Gasteiger partial charge in [-0.1, -0.05) is 50.0 Å². The molecule has 1 saturated heterocycles. The fourth-order valence-corrected chi connectivity index (χ4v) is 8.89. The van der Waals surface area contributed by atoms with E-state index in [0.717, 1.165) is 80.0 Å². The molecule has 248 valence electrons. The number of carbonyl (C=O) groups is 2. The van der Waals surface area contributed by atoms with E-state index in [1.54, 1.807) is 14.2 Å². The number of amides is 1. The summed E-state index contributed by atoms with van der Waals surface area (Å²) in [4.78, 5) is 29.8. The van der Waals surface area contributed by atoms with Crippen LogP contribution in [0.15, 0.2) is 48.0 Å². The molecule has 7 nitrogen and oxygen atoms in total. The molecule has 2 saturated carbocycles. The van der Waals surface area contributed by atoms with Crippen molar-refractivity contribution in [3.05, 3.63) is 70.3 Å². The largest absolute Gasteiger partial charge is 0.497 e. The smallest absolute Gasteiger partial charge is 0.410 e. The van der Waals surface area contributed by atoms with Gasteiger partial charge in [0.2, 0.25) is 0 Å². The van der Waals surface area contributed by atoms with Crippen molar-refractivity contribution in [2.24, 2.45) is 11.3 Å². The highest BCUT2D eigenvalue weighted by Gasteiger charge is 2.64. The van der Waals surface area contributed by atoms with Crippen molar-refractivity contribution in [2.75, 3.05) is 20.8 Å². The van der Waals surface area contributed by atoms with Gasteiger partial charge in [0, 0.05) is 28.5 Å². The van der Waals surface area contributed by atoms with Gasteiger partial charge >= 0.3 is 6.09 Å². The van der Waals surface area contributed by atoms with E-state index in [0.29, 0.717) is 37.4 Å². The molecule has 3 fully saturated rings. The lowest BCUT2D eigenvalue weighted by molar-refractivity contribution is -0.0373. The first-order valence-corrected chi connectivity index (χ1v) is 17.4. The summed E-state index contributed by atoms with van der Waals surface area (Å²) in [5, 5.41) is 10.9. The van der Waals surface area contributed by atoms with Gasteiger partial charge in [0.1, 0.15) is 17.1 Å². The number of ether oxygens (including phenoxy) is 3. The third-order valence-corrected chi connectivity index (χ3v) is 11.7. The van der Waals surface area contributed by atoms with Crippen LogP contribution in [-0.2, 0) is 17.7 Å². The van der Waals surface area contributed by atoms with Gasteiger partial charge in [-0.2, -0.15) is 0 Å². The van der Waals surface area contributed by atoms with Gasteiger partial charge in [0.05, 0.1) is 33.4 Å². The quantitative estimate of drug-likeness (QED) is 0.256. The Kier molecular flexibility index (Phi) is 9.52. The lowest BCUT2D eigenvalue weighted by Gasteiger charge is -2.43. The number of fused-ring (bicyclic) bond motifs is 8. The van der Waals surface area contributed by atoms with E-state index in [9.17, 15) is 14.7 Å². The summed E-state index contributed by atoms with van der Waals surface area (Å²) in [6, 6.07) is 12.1. The van der Waals surface area contributed by atoms with Crippen molar-refractivity contribution in [1.82, 2.24) is 4.90 Å². The van der Waals surface area contributed by atoms with Gasteiger partial charge in [-0.05, 0) is 100.0 Å². The Balaban J connectivity index is 1.38. The standard InChI is InChI=1S/C39H51NO6/c1-26-9-8-19-38(2)34(18-20-39(38)25-40(37(43)46-39)24-29-14-16-31(44-3)23-35(29)45-4)32-17-13-27(21-30(41)15-12-26)22-33(32)36(42)28-10-6-5-7-11-28/h9,13-14,16-17,22-23,28,30,34,41H,5-8,10-12,15,18-21,24-25H2,1-4H3/t30-,34-,38-,39+/m0/s1. The Morgan fingerprint density at radius 1 is 1.02 bits per heavy atom. The molecule has 1 heterocycles. The molecule has 2 aromatic carbocycles. The van der Waals surface area contributed by atoms with Gasteiger partial charge < -0.3 is 19.3 Å². The third kappa shape index (κ3) is 6.20. The van der Waals surface area contributed by atoms with E-state index in [1.165, 1.54) is 12.0 Å². The van der Waals surface area contributed by atoms with E-state index >= 15 is 0 Å². The van der Waals surface area contributed by atoms with Crippen molar-refractivity contribution < 1.29 is 28.9 Å². The average molecular weight is 630 g/mol. The number of hydrogen-bond donors (Lipinski definition) is 1. The second kappa shape index (κ2) is 13.4. The molecule has 0 radical (unpaired) electrons. The maximum absolute atomic E-state index is 14.3. The zero-order chi connectivity index (χ0) is 32.5. The van der Waals surface area contributed by atoms with Gasteiger partial charge in [-0.15, -0.1) is 0 Å². The fraction of sp³-hybridized carbons (Fsp3) is 0.590. The molecule has 1 spiro atoms. The molecule has 2 bridgehead atoms. The maximum Gasteiger partial charge on any atom is 0.410 e. The van der Waals surface area contributed by atoms with Crippen LogP contribution in [-0.4, -0.2) is 54.4 Å². The summed E-state index contributed by atoms with van der Waals surface area (Å²) in [6.07, 6.45) is 12.2. The first-order valence-electron chi connectivity index (χ1n) is 17.4. The van der Waals surface area contributed by atoms with Crippen LogP contribution in [0.5, 0.6) is 11.5 Å². The van der Waals surface area contributed by atoms with Crippen molar-refractivity contribution in [1.29, 1.82) is 0 Å². The summed E-state index contributed by atoms with van der Waals surface area (Å²) in [5.41, 5.74) is 4.07. The van der Waals surface area contributed by atoms with Crippen LogP contribution in [0.3, 0.4) is 0 Å². The number of ketones is 1. The minimum absolute atomic E-state index is 0.0537. The van der Waals surface area contributed by atoms with Crippen LogP contribution in [0, 0.1) is 11.3 Å². The number of nitrogens with zero attached hydrogens (tertiary/aromatic N) is 1. The molecule has 7 rings (SSSR count). The van der Waals surface area contributed by atoms with Crippen LogP contribution >= 0.6 is 0 Å². The first-order chi connectivity index (χ1) is 22.2. The topological polar surface area (TPSA) is 85.3 Å². The molecule has 5 aliphatic rings. The molecular weight excluding hydrogens is 578 g/mol. The molecule has 0 unspecified atom stereocenters. The summed E-state index contributed by atoms with van der Waals surface area (Å²) in [7, 11) is 3.26. The Hall–Kier alpha value is -3.32. The van der Waals surface area contributed by atoms with Crippen molar-refractivity contribution in [3.63, 3.8) is 0 Å². The summed E-state index contributed by atoms with van der Waals surface area (Å²) >= 11 is 0. The Morgan fingerprint density at radius 2 is 1.83 bits per heavy atom. The molecule has 4 atom stereocenters. The predicted molar refractivity (Wildman–Crippen MR) is 179 cm³/mol. The lowest BCUT2D eigenvalue weighted by atomic mass is 9.64. The number of carbonyl (C=O) groups excluding carboxylic acids is 2. The highest BCUT2D eigenvalue weighted by atomic mass is 16.6. The third-order valence-electron chi connectivity index (χ3n) is 11.7. The summed E-state index contributed by atoms with van der Waals surface area (Å²) < 4.78 is 17.6. The number of allylic oxidation sites excluding steroid dienone is 2. The predicted octanol–water partition coefficient (Wildman–Crippen LogP) is 8.17. The second-order valence-electron chi connectivity index (χ2n) is 14.5. The average Bonchev–Trinajstić information content (AvgIpc) is 3.53. The van der Waals surface area contributed by atoms with Gasteiger partial charge in [-0.25, -0.2) is 4.79 Å². The Labute approximate surface area is 274 Å². The van der Waals surface area contributed by atoms with Crippen LogP contribution < -0.4 is 9.47 Å². The number of Topliss-reactive ketones (excluding diaryl/α,β-unsaturated/α-hetero) is 1. The molecule has 4 aliphatic carbocycles. The van der Waals surface area contributed by atoms with E-state index in [1.807, 2.05) is 23.1 Å². The number of aliphatic hydroxyl groups excluding tert-OH is 1. The number of methoxy groups -OCH3 is 2. The number of rotatable bonds is 6. The SMILES string of the molecule is COc1ccc(CN2C[C@@]3(CC[C@H]4c5ccc(cc5C(=O)C5CCCCC5)C[C@@H](O)CCC(C)=CCC[C@@]43C)OC2=O)c(OC)c1.